The third-order valence-electron chi connectivity index (χ3n) is 4.28. The first kappa shape index (κ1) is 12.6. The molecular formula is C15H23NO. The number of nitrogens with two attached hydrogens (primary N) is 1. The van der Waals surface area contributed by atoms with Crippen LogP contribution in [0.4, 0.5) is 0 Å². The summed E-state index contributed by atoms with van der Waals surface area (Å²) in [5.41, 5.74) is 13.1. The molecule has 1 fully saturated rings. The summed E-state index contributed by atoms with van der Waals surface area (Å²) < 4.78 is 5.48. The fourth-order valence-corrected chi connectivity index (χ4v) is 3.05. The third kappa shape index (κ3) is 1.90. The van der Waals surface area contributed by atoms with Gasteiger partial charge in [0.1, 0.15) is 0 Å². The molecule has 0 unspecified atom stereocenters. The first-order chi connectivity index (χ1) is 8.02. The summed E-state index contributed by atoms with van der Waals surface area (Å²) in [6.07, 6.45) is 1.03. The van der Waals surface area contributed by atoms with Crippen molar-refractivity contribution in [2.45, 2.75) is 39.5 Å². The fraction of sp³-hybridized carbons (Fsp3) is 0.600. The first-order valence-corrected chi connectivity index (χ1v) is 6.37. The average Bonchev–Trinajstić information content (AvgIpc) is 2.23. The maximum Gasteiger partial charge on any atom is 0.0586 e. The Balaban J connectivity index is 2.57. The summed E-state index contributed by atoms with van der Waals surface area (Å²) in [5, 5.41) is 0. The second-order valence-corrected chi connectivity index (χ2v) is 5.45. The Morgan fingerprint density at radius 1 is 1.12 bits per heavy atom. The lowest BCUT2D eigenvalue weighted by Crippen LogP contribution is -2.49. The van der Waals surface area contributed by atoms with Gasteiger partial charge in [-0.25, -0.2) is 0 Å². The Kier molecular flexibility index (Phi) is 3.28. The second-order valence-electron chi connectivity index (χ2n) is 5.45. The highest BCUT2D eigenvalue weighted by Crippen LogP contribution is 2.40. The molecule has 0 aliphatic carbocycles. The van der Waals surface area contributed by atoms with Gasteiger partial charge in [-0.05, 0) is 68.5 Å². The number of ether oxygens (including phenoxy) is 1. The van der Waals surface area contributed by atoms with Gasteiger partial charge in [0.2, 0.25) is 0 Å². The first-order valence-electron chi connectivity index (χ1n) is 6.37. The van der Waals surface area contributed by atoms with E-state index in [0.29, 0.717) is 0 Å². The molecule has 0 atom stereocenters. The van der Waals surface area contributed by atoms with Crippen molar-refractivity contribution in [3.05, 3.63) is 33.9 Å². The lowest BCUT2D eigenvalue weighted by Gasteiger charge is -2.44. The van der Waals surface area contributed by atoms with E-state index >= 15 is 0 Å². The van der Waals surface area contributed by atoms with Gasteiger partial charge in [0.25, 0.3) is 0 Å². The van der Waals surface area contributed by atoms with Gasteiger partial charge < -0.3 is 10.5 Å². The average molecular weight is 233 g/mol. The summed E-state index contributed by atoms with van der Waals surface area (Å²) >= 11 is 0. The van der Waals surface area contributed by atoms with Crippen molar-refractivity contribution in [1.82, 2.24) is 0 Å². The van der Waals surface area contributed by atoms with Crippen LogP contribution in [-0.2, 0) is 10.2 Å². The zero-order chi connectivity index (χ0) is 12.6. The highest BCUT2D eigenvalue weighted by atomic mass is 16.5. The smallest absolute Gasteiger partial charge is 0.0586 e. The Morgan fingerprint density at radius 3 is 2.00 bits per heavy atom. The summed E-state index contributed by atoms with van der Waals surface area (Å²) in [4.78, 5) is 0. The quantitative estimate of drug-likeness (QED) is 0.870. The standard InChI is InChI=1S/C15H23NO/c1-10-7-11(2)13(4)14(12(10)3)15(5-6-16)8-17-9-15/h7H,5-6,8-9,16H2,1-4H3. The molecule has 94 valence electrons. The number of hydrogen-bond acceptors (Lipinski definition) is 2. The van der Waals surface area contributed by atoms with Gasteiger partial charge in [-0.1, -0.05) is 6.07 Å². The van der Waals surface area contributed by atoms with E-state index in [1.807, 2.05) is 0 Å². The van der Waals surface area contributed by atoms with E-state index in [4.69, 9.17) is 10.5 Å². The van der Waals surface area contributed by atoms with Gasteiger partial charge in [-0.3, -0.25) is 0 Å². The maximum absolute atomic E-state index is 5.78. The molecule has 0 spiro atoms. The number of aryl methyl sites for hydroxylation is 2. The molecule has 0 saturated carbocycles. The molecule has 1 aliphatic heterocycles. The zero-order valence-corrected chi connectivity index (χ0v) is 11.4. The molecule has 0 bridgehead atoms. The van der Waals surface area contributed by atoms with Crippen LogP contribution >= 0.6 is 0 Å². The molecule has 1 aliphatic rings. The molecule has 2 rings (SSSR count). The fourth-order valence-electron chi connectivity index (χ4n) is 3.05. The van der Waals surface area contributed by atoms with E-state index in [1.165, 1.54) is 27.8 Å². The SMILES string of the molecule is Cc1cc(C)c(C)c(C2(CCN)COC2)c1C. The molecule has 1 aromatic carbocycles. The minimum Gasteiger partial charge on any atom is -0.379 e. The Labute approximate surface area is 104 Å². The highest BCUT2D eigenvalue weighted by Gasteiger charge is 2.41. The number of hydrogen-bond donors (Lipinski definition) is 1. The van der Waals surface area contributed by atoms with E-state index in [1.54, 1.807) is 0 Å². The Morgan fingerprint density at radius 2 is 1.65 bits per heavy atom. The van der Waals surface area contributed by atoms with E-state index in [-0.39, 0.29) is 5.41 Å². The van der Waals surface area contributed by atoms with Crippen molar-refractivity contribution in [2.24, 2.45) is 5.73 Å². The molecule has 1 heterocycles. The third-order valence-corrected chi connectivity index (χ3v) is 4.28. The Bertz CT molecular complexity index is 407. The lowest BCUT2D eigenvalue weighted by atomic mass is 9.71. The van der Waals surface area contributed by atoms with Crippen LogP contribution in [0.15, 0.2) is 6.07 Å². The summed E-state index contributed by atoms with van der Waals surface area (Å²) in [5.74, 6) is 0. The van der Waals surface area contributed by atoms with Gasteiger partial charge >= 0.3 is 0 Å². The predicted octanol–water partition coefficient (Wildman–Crippen LogP) is 2.54. The molecule has 17 heavy (non-hydrogen) atoms. The van der Waals surface area contributed by atoms with Crippen LogP contribution in [0.1, 0.15) is 34.2 Å². The van der Waals surface area contributed by atoms with Crippen LogP contribution < -0.4 is 5.73 Å². The normalized spacial score (nSPS) is 17.9. The van der Waals surface area contributed by atoms with Crippen LogP contribution in [0.2, 0.25) is 0 Å². The number of benzene rings is 1. The van der Waals surface area contributed by atoms with Crippen LogP contribution in [0, 0.1) is 27.7 Å². The van der Waals surface area contributed by atoms with E-state index in [9.17, 15) is 0 Å². The van der Waals surface area contributed by atoms with Crippen molar-refractivity contribution in [2.75, 3.05) is 19.8 Å². The predicted molar refractivity (Wildman–Crippen MR) is 71.6 cm³/mol. The van der Waals surface area contributed by atoms with Gasteiger partial charge in [0.05, 0.1) is 13.2 Å². The molecule has 0 radical (unpaired) electrons. The summed E-state index contributed by atoms with van der Waals surface area (Å²) in [6.45, 7) is 11.2. The lowest BCUT2D eigenvalue weighted by molar-refractivity contribution is -0.0637. The molecule has 1 saturated heterocycles. The van der Waals surface area contributed by atoms with E-state index in [2.05, 4.69) is 33.8 Å². The molecule has 0 amide bonds. The van der Waals surface area contributed by atoms with Crippen molar-refractivity contribution >= 4 is 0 Å². The molecule has 2 heteroatoms. The minimum absolute atomic E-state index is 0.180. The van der Waals surface area contributed by atoms with Crippen molar-refractivity contribution < 1.29 is 4.74 Å². The second kappa shape index (κ2) is 4.43. The molecule has 2 nitrogen and oxygen atoms in total. The Hall–Kier alpha value is -0.860. The monoisotopic (exact) mass is 233 g/mol. The highest BCUT2D eigenvalue weighted by molar-refractivity contribution is 5.49. The summed E-state index contributed by atoms with van der Waals surface area (Å²) in [6, 6.07) is 2.28. The maximum atomic E-state index is 5.78. The molecule has 2 N–H and O–H groups in total. The van der Waals surface area contributed by atoms with Gasteiger partial charge in [-0.15, -0.1) is 0 Å². The minimum atomic E-state index is 0.180. The molecule has 0 aromatic heterocycles. The van der Waals surface area contributed by atoms with Crippen LogP contribution in [-0.4, -0.2) is 19.8 Å². The molecule has 1 aromatic rings. The zero-order valence-electron chi connectivity index (χ0n) is 11.4. The molecular weight excluding hydrogens is 210 g/mol. The van der Waals surface area contributed by atoms with Crippen LogP contribution in [0.25, 0.3) is 0 Å². The summed E-state index contributed by atoms with van der Waals surface area (Å²) in [7, 11) is 0. The van der Waals surface area contributed by atoms with Crippen molar-refractivity contribution in [3.8, 4) is 0 Å². The number of rotatable bonds is 3. The van der Waals surface area contributed by atoms with Crippen LogP contribution in [0.5, 0.6) is 0 Å². The van der Waals surface area contributed by atoms with E-state index in [0.717, 1.165) is 26.2 Å². The van der Waals surface area contributed by atoms with Crippen LogP contribution in [0.3, 0.4) is 0 Å². The largest absolute Gasteiger partial charge is 0.379 e. The van der Waals surface area contributed by atoms with Gasteiger partial charge in [-0.2, -0.15) is 0 Å². The topological polar surface area (TPSA) is 35.2 Å². The van der Waals surface area contributed by atoms with Crippen molar-refractivity contribution in [1.29, 1.82) is 0 Å². The van der Waals surface area contributed by atoms with Crippen molar-refractivity contribution in [3.63, 3.8) is 0 Å². The van der Waals surface area contributed by atoms with Gasteiger partial charge in [0.15, 0.2) is 0 Å². The van der Waals surface area contributed by atoms with E-state index < -0.39 is 0 Å². The van der Waals surface area contributed by atoms with Gasteiger partial charge in [0, 0.05) is 5.41 Å².